The third kappa shape index (κ3) is 1.56. The zero-order valence-corrected chi connectivity index (χ0v) is 13.6. The molecule has 23 heavy (non-hydrogen) atoms. The SMILES string of the molecule is CC[C@@]12C=C(C=O)n3c4c(c5ccccc53)CCN(CCC1)[C@@H]42. The molecule has 0 aliphatic carbocycles. The van der Waals surface area contributed by atoms with Crippen molar-refractivity contribution in [2.75, 3.05) is 13.1 Å². The topological polar surface area (TPSA) is 25.2 Å². The van der Waals surface area contributed by atoms with E-state index < -0.39 is 0 Å². The predicted molar refractivity (Wildman–Crippen MR) is 92.3 cm³/mol. The maximum Gasteiger partial charge on any atom is 0.166 e. The highest BCUT2D eigenvalue weighted by Gasteiger charge is 2.50. The lowest BCUT2D eigenvalue weighted by Crippen LogP contribution is -2.50. The van der Waals surface area contributed by atoms with Gasteiger partial charge in [-0.25, -0.2) is 0 Å². The fraction of sp³-hybridized carbons (Fsp3) is 0.450. The first-order chi connectivity index (χ1) is 11.3. The fourth-order valence-corrected chi connectivity index (χ4v) is 5.41. The van der Waals surface area contributed by atoms with Crippen molar-refractivity contribution >= 4 is 22.9 Å². The number of nitrogens with zero attached hydrogens (tertiary/aromatic N) is 2. The summed E-state index contributed by atoms with van der Waals surface area (Å²) in [6, 6.07) is 9.04. The van der Waals surface area contributed by atoms with Crippen molar-refractivity contribution in [3.63, 3.8) is 0 Å². The average molecular weight is 306 g/mol. The van der Waals surface area contributed by atoms with Crippen LogP contribution in [0, 0.1) is 5.41 Å². The van der Waals surface area contributed by atoms with Gasteiger partial charge in [-0.2, -0.15) is 0 Å². The number of aldehydes is 1. The van der Waals surface area contributed by atoms with Gasteiger partial charge in [-0.1, -0.05) is 25.1 Å². The molecule has 0 spiro atoms. The lowest BCUT2D eigenvalue weighted by Gasteiger charge is -2.53. The molecule has 0 radical (unpaired) electrons. The predicted octanol–water partition coefficient (Wildman–Crippen LogP) is 3.78. The van der Waals surface area contributed by atoms with E-state index in [4.69, 9.17) is 0 Å². The van der Waals surface area contributed by atoms with E-state index in [-0.39, 0.29) is 5.41 Å². The molecule has 2 atom stereocenters. The van der Waals surface area contributed by atoms with E-state index in [9.17, 15) is 4.79 Å². The van der Waals surface area contributed by atoms with Crippen LogP contribution in [0.1, 0.15) is 43.5 Å². The van der Waals surface area contributed by atoms with Gasteiger partial charge in [-0.05, 0) is 49.9 Å². The molecule has 3 nitrogen and oxygen atoms in total. The van der Waals surface area contributed by atoms with Gasteiger partial charge in [0.1, 0.15) is 0 Å². The van der Waals surface area contributed by atoms with Crippen LogP contribution < -0.4 is 0 Å². The van der Waals surface area contributed by atoms with Gasteiger partial charge in [0.15, 0.2) is 6.29 Å². The zero-order valence-electron chi connectivity index (χ0n) is 13.6. The number of allylic oxidation sites excluding steroid dienone is 1. The number of para-hydroxylation sites is 1. The van der Waals surface area contributed by atoms with Gasteiger partial charge in [0, 0.05) is 23.0 Å². The van der Waals surface area contributed by atoms with Crippen LogP contribution in [0.5, 0.6) is 0 Å². The number of carbonyl (C=O) groups excluding carboxylic acids is 1. The first-order valence-electron chi connectivity index (χ1n) is 8.84. The quantitative estimate of drug-likeness (QED) is 0.789. The van der Waals surface area contributed by atoms with E-state index in [0.717, 1.165) is 31.4 Å². The van der Waals surface area contributed by atoms with Crippen LogP contribution in [-0.4, -0.2) is 28.8 Å². The maximum absolute atomic E-state index is 11.9. The summed E-state index contributed by atoms with van der Waals surface area (Å²) in [5, 5.41) is 1.34. The number of hydrogen-bond acceptors (Lipinski definition) is 2. The Bertz CT molecular complexity index is 847. The fourth-order valence-electron chi connectivity index (χ4n) is 5.41. The third-order valence-electron chi connectivity index (χ3n) is 6.40. The molecule has 1 aromatic heterocycles. The second-order valence-electron chi connectivity index (χ2n) is 7.28. The van der Waals surface area contributed by atoms with Crippen molar-refractivity contribution < 1.29 is 4.79 Å². The van der Waals surface area contributed by atoms with E-state index in [1.807, 2.05) is 0 Å². The second kappa shape index (κ2) is 4.57. The summed E-state index contributed by atoms with van der Waals surface area (Å²) in [5.74, 6) is 0. The Morgan fingerprint density at radius 3 is 3.00 bits per heavy atom. The minimum atomic E-state index is 0.133. The number of aromatic nitrogens is 1. The van der Waals surface area contributed by atoms with Crippen molar-refractivity contribution in [1.29, 1.82) is 0 Å². The molecule has 0 saturated carbocycles. The molecule has 3 aliphatic rings. The van der Waals surface area contributed by atoms with E-state index in [0.29, 0.717) is 6.04 Å². The van der Waals surface area contributed by atoms with Crippen LogP contribution in [0.4, 0.5) is 0 Å². The molecule has 5 rings (SSSR count). The lowest BCUT2D eigenvalue weighted by atomic mass is 9.66. The first-order valence-corrected chi connectivity index (χ1v) is 8.84. The molecule has 1 aromatic carbocycles. The number of benzene rings is 1. The molecule has 3 aliphatic heterocycles. The number of rotatable bonds is 2. The van der Waals surface area contributed by atoms with Gasteiger partial charge in [0.05, 0.1) is 17.3 Å². The van der Waals surface area contributed by atoms with Crippen molar-refractivity contribution in [3.05, 3.63) is 41.6 Å². The molecule has 1 fully saturated rings. The minimum Gasteiger partial charge on any atom is -0.309 e. The van der Waals surface area contributed by atoms with Crippen LogP contribution in [0.15, 0.2) is 30.3 Å². The molecule has 1 saturated heterocycles. The number of piperidine rings is 1. The van der Waals surface area contributed by atoms with Crippen LogP contribution in [0.25, 0.3) is 16.6 Å². The molecule has 4 heterocycles. The van der Waals surface area contributed by atoms with Crippen LogP contribution >= 0.6 is 0 Å². The van der Waals surface area contributed by atoms with Crippen molar-refractivity contribution in [2.24, 2.45) is 5.41 Å². The molecule has 3 heteroatoms. The zero-order chi connectivity index (χ0) is 15.6. The highest BCUT2D eigenvalue weighted by Crippen LogP contribution is 2.56. The summed E-state index contributed by atoms with van der Waals surface area (Å²) in [5.41, 5.74) is 5.07. The molecular weight excluding hydrogens is 284 g/mol. The highest BCUT2D eigenvalue weighted by molar-refractivity contribution is 6.04. The minimum absolute atomic E-state index is 0.133. The second-order valence-corrected chi connectivity index (χ2v) is 7.28. The van der Waals surface area contributed by atoms with E-state index in [1.165, 1.54) is 41.5 Å². The van der Waals surface area contributed by atoms with Crippen LogP contribution in [-0.2, 0) is 11.2 Å². The van der Waals surface area contributed by atoms with Gasteiger partial charge < -0.3 is 4.57 Å². The van der Waals surface area contributed by atoms with Gasteiger partial charge in [-0.15, -0.1) is 0 Å². The molecule has 0 unspecified atom stereocenters. The van der Waals surface area contributed by atoms with E-state index in [1.54, 1.807) is 0 Å². The number of carbonyl (C=O) groups is 1. The summed E-state index contributed by atoms with van der Waals surface area (Å²) >= 11 is 0. The van der Waals surface area contributed by atoms with Gasteiger partial charge in [0.25, 0.3) is 0 Å². The van der Waals surface area contributed by atoms with E-state index in [2.05, 4.69) is 46.7 Å². The van der Waals surface area contributed by atoms with Crippen LogP contribution in [0.3, 0.4) is 0 Å². The summed E-state index contributed by atoms with van der Waals surface area (Å²) in [4.78, 5) is 14.6. The van der Waals surface area contributed by atoms with Crippen LogP contribution in [0.2, 0.25) is 0 Å². The maximum atomic E-state index is 11.9. The Balaban J connectivity index is 1.91. The van der Waals surface area contributed by atoms with Gasteiger partial charge in [0.2, 0.25) is 0 Å². The molecule has 0 N–H and O–H groups in total. The van der Waals surface area contributed by atoms with Crippen molar-refractivity contribution in [2.45, 2.75) is 38.6 Å². The summed E-state index contributed by atoms with van der Waals surface area (Å²) < 4.78 is 2.26. The normalized spacial score (nSPS) is 29.3. The molecule has 0 bridgehead atoms. The molecular formula is C20H22N2O. The van der Waals surface area contributed by atoms with Crippen molar-refractivity contribution in [1.82, 2.24) is 9.47 Å². The average Bonchev–Trinajstić information content (AvgIpc) is 2.95. The summed E-state index contributed by atoms with van der Waals surface area (Å²) in [7, 11) is 0. The Kier molecular flexibility index (Phi) is 2.70. The lowest BCUT2D eigenvalue weighted by molar-refractivity contribution is -0.103. The molecule has 118 valence electrons. The highest BCUT2D eigenvalue weighted by atomic mass is 16.1. The Labute approximate surface area is 136 Å². The third-order valence-corrected chi connectivity index (χ3v) is 6.40. The number of fused-ring (bicyclic) bond motifs is 3. The van der Waals surface area contributed by atoms with E-state index >= 15 is 0 Å². The monoisotopic (exact) mass is 306 g/mol. The van der Waals surface area contributed by atoms with Gasteiger partial charge in [-0.3, -0.25) is 9.69 Å². The molecule has 2 aromatic rings. The van der Waals surface area contributed by atoms with Crippen molar-refractivity contribution in [3.8, 4) is 0 Å². The summed E-state index contributed by atoms with van der Waals surface area (Å²) in [6.45, 7) is 4.63. The first kappa shape index (κ1) is 13.6. The van der Waals surface area contributed by atoms with Gasteiger partial charge >= 0.3 is 0 Å². The number of hydrogen-bond donors (Lipinski definition) is 0. The Morgan fingerprint density at radius 1 is 1.30 bits per heavy atom. The summed E-state index contributed by atoms with van der Waals surface area (Å²) in [6.07, 6.45) is 8.00. The Morgan fingerprint density at radius 2 is 2.17 bits per heavy atom. The smallest absolute Gasteiger partial charge is 0.166 e. The standard InChI is InChI=1S/C20H22N2O/c1-2-20-9-5-10-21-11-8-16-15-6-3-4-7-17(15)22(14(12-20)13-23)18(16)19(20)21/h3-4,6-7,12-13,19H,2,5,8-11H2,1H3/t19-,20-/m0/s1. The molecule has 0 amide bonds. The largest absolute Gasteiger partial charge is 0.309 e. The Hall–Kier alpha value is -1.87.